The van der Waals surface area contributed by atoms with Crippen LogP contribution in [0.4, 0.5) is 0 Å². The number of hydrogen-bond acceptors (Lipinski definition) is 2. The van der Waals surface area contributed by atoms with Crippen LogP contribution in [0.1, 0.15) is 36.7 Å². The molecule has 0 aromatic heterocycles. The standard InChI is InChI=1S/C13H19NO2/c1-13(2,3)10-8-9(12(15)14-4)6-7-11(10)16-5/h6-8H,1-5H3,(H,14,15). The van der Waals surface area contributed by atoms with Gasteiger partial charge in [-0.1, -0.05) is 20.8 Å². The fourth-order valence-corrected chi connectivity index (χ4v) is 1.58. The van der Waals surface area contributed by atoms with E-state index in [1.54, 1.807) is 20.2 Å². The number of nitrogens with one attached hydrogen (secondary N) is 1. The van der Waals surface area contributed by atoms with Crippen molar-refractivity contribution in [3.63, 3.8) is 0 Å². The third kappa shape index (κ3) is 2.54. The summed E-state index contributed by atoms with van der Waals surface area (Å²) in [5.41, 5.74) is 1.65. The summed E-state index contributed by atoms with van der Waals surface area (Å²) in [5.74, 6) is 0.744. The zero-order chi connectivity index (χ0) is 12.3. The maximum Gasteiger partial charge on any atom is 0.251 e. The molecule has 88 valence electrons. The molecule has 3 nitrogen and oxygen atoms in total. The third-order valence-electron chi connectivity index (χ3n) is 2.50. The smallest absolute Gasteiger partial charge is 0.251 e. The molecule has 1 N–H and O–H groups in total. The second kappa shape index (κ2) is 4.56. The zero-order valence-corrected chi connectivity index (χ0v) is 10.5. The van der Waals surface area contributed by atoms with Crippen LogP contribution < -0.4 is 10.1 Å². The van der Waals surface area contributed by atoms with E-state index in [1.807, 2.05) is 12.1 Å². The lowest BCUT2D eigenvalue weighted by Crippen LogP contribution is -2.20. The molecule has 0 fully saturated rings. The van der Waals surface area contributed by atoms with Gasteiger partial charge in [0.05, 0.1) is 7.11 Å². The van der Waals surface area contributed by atoms with E-state index in [0.29, 0.717) is 5.56 Å². The van der Waals surface area contributed by atoms with Gasteiger partial charge in [0.1, 0.15) is 5.75 Å². The summed E-state index contributed by atoms with van der Waals surface area (Å²) in [7, 11) is 3.27. The Morgan fingerprint density at radius 3 is 2.38 bits per heavy atom. The van der Waals surface area contributed by atoms with Gasteiger partial charge in [-0.3, -0.25) is 4.79 Å². The van der Waals surface area contributed by atoms with E-state index in [9.17, 15) is 4.79 Å². The highest BCUT2D eigenvalue weighted by Gasteiger charge is 2.20. The topological polar surface area (TPSA) is 38.3 Å². The van der Waals surface area contributed by atoms with Gasteiger partial charge in [0.2, 0.25) is 0 Å². The number of amides is 1. The average Bonchev–Trinajstić information content (AvgIpc) is 2.26. The molecular formula is C13H19NO2. The Hall–Kier alpha value is -1.51. The zero-order valence-electron chi connectivity index (χ0n) is 10.5. The van der Waals surface area contributed by atoms with Crippen molar-refractivity contribution in [2.24, 2.45) is 0 Å². The highest BCUT2D eigenvalue weighted by atomic mass is 16.5. The number of benzene rings is 1. The van der Waals surface area contributed by atoms with Crippen LogP contribution in [0.25, 0.3) is 0 Å². The van der Waals surface area contributed by atoms with Crippen molar-refractivity contribution in [3.8, 4) is 5.75 Å². The van der Waals surface area contributed by atoms with Crippen LogP contribution in [0.3, 0.4) is 0 Å². The van der Waals surface area contributed by atoms with E-state index in [2.05, 4.69) is 26.1 Å². The van der Waals surface area contributed by atoms with Crippen LogP contribution in [-0.4, -0.2) is 20.1 Å². The summed E-state index contributed by atoms with van der Waals surface area (Å²) in [5, 5.41) is 2.62. The van der Waals surface area contributed by atoms with E-state index >= 15 is 0 Å². The first-order valence-corrected chi connectivity index (χ1v) is 5.30. The third-order valence-corrected chi connectivity index (χ3v) is 2.50. The quantitative estimate of drug-likeness (QED) is 0.832. The van der Waals surface area contributed by atoms with Gasteiger partial charge in [-0.25, -0.2) is 0 Å². The normalized spacial score (nSPS) is 11.1. The summed E-state index contributed by atoms with van der Waals surface area (Å²) >= 11 is 0. The van der Waals surface area contributed by atoms with Crippen molar-refractivity contribution in [1.82, 2.24) is 5.32 Å². The minimum atomic E-state index is -0.0758. The van der Waals surface area contributed by atoms with Gasteiger partial charge in [-0.05, 0) is 23.6 Å². The van der Waals surface area contributed by atoms with Crippen LogP contribution in [0.5, 0.6) is 5.75 Å². The fourth-order valence-electron chi connectivity index (χ4n) is 1.58. The fraction of sp³-hybridized carbons (Fsp3) is 0.462. The molecule has 0 spiro atoms. The van der Waals surface area contributed by atoms with Crippen LogP contribution in [0.2, 0.25) is 0 Å². The Morgan fingerprint density at radius 2 is 1.94 bits per heavy atom. The lowest BCUT2D eigenvalue weighted by molar-refractivity contribution is 0.0963. The number of ether oxygens (including phenoxy) is 1. The average molecular weight is 221 g/mol. The van der Waals surface area contributed by atoms with Crippen molar-refractivity contribution >= 4 is 5.91 Å². The number of carbonyl (C=O) groups excluding carboxylic acids is 1. The van der Waals surface area contributed by atoms with Gasteiger partial charge in [0.25, 0.3) is 5.91 Å². The molecular weight excluding hydrogens is 202 g/mol. The molecule has 0 aliphatic heterocycles. The molecule has 0 saturated carbocycles. The van der Waals surface area contributed by atoms with Crippen LogP contribution in [-0.2, 0) is 5.41 Å². The van der Waals surface area contributed by atoms with Gasteiger partial charge in [0, 0.05) is 18.2 Å². The van der Waals surface area contributed by atoms with Crippen molar-refractivity contribution < 1.29 is 9.53 Å². The van der Waals surface area contributed by atoms with Gasteiger partial charge in [-0.2, -0.15) is 0 Å². The molecule has 1 aromatic carbocycles. The second-order valence-corrected chi connectivity index (χ2v) is 4.74. The molecule has 1 amide bonds. The maximum atomic E-state index is 11.5. The SMILES string of the molecule is CNC(=O)c1ccc(OC)c(C(C)(C)C)c1. The Balaban J connectivity index is 3.27. The van der Waals surface area contributed by atoms with Gasteiger partial charge in [0.15, 0.2) is 0 Å². The first-order valence-electron chi connectivity index (χ1n) is 5.30. The van der Waals surface area contributed by atoms with Crippen molar-refractivity contribution in [3.05, 3.63) is 29.3 Å². The second-order valence-electron chi connectivity index (χ2n) is 4.74. The Labute approximate surface area is 96.8 Å². The molecule has 0 aliphatic carbocycles. The molecule has 0 heterocycles. The molecule has 0 radical (unpaired) electrons. The van der Waals surface area contributed by atoms with E-state index in [1.165, 1.54) is 0 Å². The van der Waals surface area contributed by atoms with Crippen molar-refractivity contribution in [2.75, 3.05) is 14.2 Å². The number of carbonyl (C=O) groups is 1. The minimum Gasteiger partial charge on any atom is -0.496 e. The van der Waals surface area contributed by atoms with Crippen molar-refractivity contribution in [2.45, 2.75) is 26.2 Å². The minimum absolute atomic E-state index is 0.0463. The lowest BCUT2D eigenvalue weighted by Gasteiger charge is -2.22. The highest BCUT2D eigenvalue weighted by molar-refractivity contribution is 5.94. The Morgan fingerprint density at radius 1 is 1.31 bits per heavy atom. The number of methoxy groups -OCH3 is 1. The summed E-state index contributed by atoms with van der Waals surface area (Å²) in [6, 6.07) is 5.50. The first-order chi connectivity index (χ1) is 7.40. The van der Waals surface area contributed by atoms with E-state index in [-0.39, 0.29) is 11.3 Å². The van der Waals surface area contributed by atoms with Gasteiger partial charge in [-0.15, -0.1) is 0 Å². The van der Waals surface area contributed by atoms with Crippen LogP contribution >= 0.6 is 0 Å². The highest BCUT2D eigenvalue weighted by Crippen LogP contribution is 2.31. The van der Waals surface area contributed by atoms with Gasteiger partial charge < -0.3 is 10.1 Å². The summed E-state index contributed by atoms with van der Waals surface area (Å²) in [6.45, 7) is 6.29. The number of rotatable bonds is 2. The monoisotopic (exact) mass is 221 g/mol. The molecule has 16 heavy (non-hydrogen) atoms. The molecule has 3 heteroatoms. The Bertz CT molecular complexity index is 391. The molecule has 0 atom stereocenters. The maximum absolute atomic E-state index is 11.5. The van der Waals surface area contributed by atoms with Crippen LogP contribution in [0.15, 0.2) is 18.2 Å². The van der Waals surface area contributed by atoms with E-state index < -0.39 is 0 Å². The molecule has 0 unspecified atom stereocenters. The molecule has 0 saturated heterocycles. The molecule has 0 aliphatic rings. The molecule has 1 aromatic rings. The van der Waals surface area contributed by atoms with E-state index in [0.717, 1.165) is 11.3 Å². The predicted octanol–water partition coefficient (Wildman–Crippen LogP) is 2.35. The summed E-state index contributed by atoms with van der Waals surface area (Å²) in [6.07, 6.45) is 0. The largest absolute Gasteiger partial charge is 0.496 e. The van der Waals surface area contributed by atoms with Crippen molar-refractivity contribution in [1.29, 1.82) is 0 Å². The lowest BCUT2D eigenvalue weighted by atomic mass is 9.85. The summed E-state index contributed by atoms with van der Waals surface area (Å²) in [4.78, 5) is 11.5. The van der Waals surface area contributed by atoms with E-state index in [4.69, 9.17) is 4.74 Å². The summed E-state index contributed by atoms with van der Waals surface area (Å²) < 4.78 is 5.31. The predicted molar refractivity (Wildman–Crippen MR) is 65.1 cm³/mol. The molecule has 1 rings (SSSR count). The Kier molecular flexibility index (Phi) is 3.58. The first kappa shape index (κ1) is 12.6. The number of hydrogen-bond donors (Lipinski definition) is 1. The molecule has 0 bridgehead atoms. The van der Waals surface area contributed by atoms with Crippen LogP contribution in [0, 0.1) is 0 Å². The van der Waals surface area contributed by atoms with Gasteiger partial charge >= 0.3 is 0 Å².